The normalized spacial score (nSPS) is 12.4. The Hall–Kier alpha value is -0.330. The standard InChI is InChI=1S/C8H17F3N2O/c1-2-13(5-3-4-12)6-7-14-8(9,10)11/h2-7,12H2,1H3. The van der Waals surface area contributed by atoms with Gasteiger partial charge in [0.15, 0.2) is 0 Å². The van der Waals surface area contributed by atoms with Gasteiger partial charge in [-0.15, -0.1) is 13.2 Å². The number of hydrogen-bond donors (Lipinski definition) is 1. The fraction of sp³-hybridized carbons (Fsp3) is 1.00. The fourth-order valence-corrected chi connectivity index (χ4v) is 1.03. The molecule has 0 aromatic rings. The summed E-state index contributed by atoms with van der Waals surface area (Å²) in [6.45, 7) is 3.84. The monoisotopic (exact) mass is 214 g/mol. The van der Waals surface area contributed by atoms with Crippen LogP contribution in [0.2, 0.25) is 0 Å². The molecule has 0 aliphatic rings. The number of nitrogens with zero attached hydrogens (tertiary/aromatic N) is 1. The first-order chi connectivity index (χ1) is 6.49. The molecule has 0 unspecified atom stereocenters. The third kappa shape index (κ3) is 8.28. The van der Waals surface area contributed by atoms with Crippen molar-refractivity contribution in [3.63, 3.8) is 0 Å². The second-order valence-corrected chi connectivity index (χ2v) is 2.87. The molecule has 0 heterocycles. The molecule has 2 N–H and O–H groups in total. The minimum absolute atomic E-state index is 0.288. The topological polar surface area (TPSA) is 38.5 Å². The van der Waals surface area contributed by atoms with Crippen LogP contribution in [0.3, 0.4) is 0 Å². The molecule has 0 radical (unpaired) electrons. The maximum Gasteiger partial charge on any atom is 0.522 e. The summed E-state index contributed by atoms with van der Waals surface area (Å²) in [6, 6.07) is 0. The summed E-state index contributed by atoms with van der Waals surface area (Å²) in [5, 5.41) is 0. The van der Waals surface area contributed by atoms with Crippen LogP contribution in [0.15, 0.2) is 0 Å². The zero-order valence-electron chi connectivity index (χ0n) is 8.31. The van der Waals surface area contributed by atoms with Gasteiger partial charge in [0, 0.05) is 6.54 Å². The lowest BCUT2D eigenvalue weighted by atomic mass is 10.4. The molecule has 0 atom stereocenters. The Balaban J connectivity index is 3.52. The highest BCUT2D eigenvalue weighted by atomic mass is 19.4. The lowest BCUT2D eigenvalue weighted by Gasteiger charge is -2.20. The Morgan fingerprint density at radius 1 is 1.29 bits per heavy atom. The Morgan fingerprint density at radius 2 is 1.93 bits per heavy atom. The number of halogens is 3. The molecule has 14 heavy (non-hydrogen) atoms. The Labute approximate surface area is 82.0 Å². The average Bonchev–Trinajstić information content (AvgIpc) is 2.09. The van der Waals surface area contributed by atoms with Gasteiger partial charge >= 0.3 is 6.36 Å². The van der Waals surface area contributed by atoms with Gasteiger partial charge in [0.05, 0.1) is 6.61 Å². The van der Waals surface area contributed by atoms with Crippen LogP contribution in [0, 0.1) is 0 Å². The summed E-state index contributed by atoms with van der Waals surface area (Å²) in [6.07, 6.45) is -3.73. The molecule has 6 heteroatoms. The van der Waals surface area contributed by atoms with Crippen LogP contribution in [0.1, 0.15) is 13.3 Å². The molecular weight excluding hydrogens is 197 g/mol. The summed E-state index contributed by atoms with van der Waals surface area (Å²) >= 11 is 0. The van der Waals surface area contributed by atoms with Crippen LogP contribution in [-0.2, 0) is 4.74 Å². The molecule has 0 spiro atoms. The van der Waals surface area contributed by atoms with Gasteiger partial charge in [0.2, 0.25) is 0 Å². The number of likely N-dealkylation sites (N-methyl/N-ethyl adjacent to an activating group) is 1. The van der Waals surface area contributed by atoms with E-state index in [-0.39, 0.29) is 13.2 Å². The van der Waals surface area contributed by atoms with Gasteiger partial charge in [-0.25, -0.2) is 0 Å². The SMILES string of the molecule is CCN(CCCN)CCOC(F)(F)F. The van der Waals surface area contributed by atoms with Crippen LogP contribution in [0.4, 0.5) is 13.2 Å². The predicted octanol–water partition coefficient (Wildman–Crippen LogP) is 1.19. The summed E-state index contributed by atoms with van der Waals surface area (Å²) in [5.74, 6) is 0. The van der Waals surface area contributed by atoms with E-state index in [9.17, 15) is 13.2 Å². The van der Waals surface area contributed by atoms with Crippen molar-refractivity contribution in [1.29, 1.82) is 0 Å². The van der Waals surface area contributed by atoms with E-state index in [1.807, 2.05) is 11.8 Å². The van der Waals surface area contributed by atoms with Crippen molar-refractivity contribution in [2.24, 2.45) is 5.73 Å². The molecule has 0 aliphatic heterocycles. The van der Waals surface area contributed by atoms with Crippen molar-refractivity contribution in [3.8, 4) is 0 Å². The van der Waals surface area contributed by atoms with Gasteiger partial charge in [-0.05, 0) is 26.1 Å². The highest BCUT2D eigenvalue weighted by molar-refractivity contribution is 4.55. The summed E-state index contributed by atoms with van der Waals surface area (Å²) < 4.78 is 38.5. The van der Waals surface area contributed by atoms with Gasteiger partial charge in [0.25, 0.3) is 0 Å². The van der Waals surface area contributed by atoms with E-state index in [0.717, 1.165) is 6.42 Å². The second kappa shape index (κ2) is 7.03. The summed E-state index contributed by atoms with van der Waals surface area (Å²) in [4.78, 5) is 1.87. The second-order valence-electron chi connectivity index (χ2n) is 2.87. The number of alkyl halides is 3. The molecule has 0 aliphatic carbocycles. The van der Waals surface area contributed by atoms with Crippen molar-refractivity contribution in [3.05, 3.63) is 0 Å². The zero-order valence-corrected chi connectivity index (χ0v) is 8.31. The van der Waals surface area contributed by atoms with E-state index in [1.54, 1.807) is 0 Å². The van der Waals surface area contributed by atoms with Crippen LogP contribution >= 0.6 is 0 Å². The highest BCUT2D eigenvalue weighted by Gasteiger charge is 2.28. The minimum Gasteiger partial charge on any atom is -0.330 e. The van der Waals surface area contributed by atoms with Crippen molar-refractivity contribution < 1.29 is 17.9 Å². The molecule has 0 saturated carbocycles. The minimum atomic E-state index is -4.52. The molecule has 0 saturated heterocycles. The molecule has 0 aromatic heterocycles. The van der Waals surface area contributed by atoms with E-state index in [2.05, 4.69) is 4.74 Å². The van der Waals surface area contributed by atoms with Gasteiger partial charge in [-0.1, -0.05) is 6.92 Å². The summed E-state index contributed by atoms with van der Waals surface area (Å²) in [5.41, 5.74) is 5.29. The van der Waals surface area contributed by atoms with E-state index in [1.165, 1.54) is 0 Å². The number of nitrogens with two attached hydrogens (primary N) is 1. The third-order valence-corrected chi connectivity index (χ3v) is 1.80. The average molecular weight is 214 g/mol. The first-order valence-corrected chi connectivity index (χ1v) is 4.62. The first kappa shape index (κ1) is 13.7. The van der Waals surface area contributed by atoms with Crippen molar-refractivity contribution >= 4 is 0 Å². The maximum absolute atomic E-state index is 11.6. The van der Waals surface area contributed by atoms with Crippen LogP contribution in [0.5, 0.6) is 0 Å². The van der Waals surface area contributed by atoms with Crippen molar-refractivity contribution in [1.82, 2.24) is 4.90 Å². The number of hydrogen-bond acceptors (Lipinski definition) is 3. The molecule has 3 nitrogen and oxygen atoms in total. The Kier molecular flexibility index (Phi) is 6.86. The largest absolute Gasteiger partial charge is 0.522 e. The molecule has 0 aromatic carbocycles. The zero-order chi connectivity index (χ0) is 11.0. The molecular formula is C8H17F3N2O. The lowest BCUT2D eigenvalue weighted by Crippen LogP contribution is -2.31. The van der Waals surface area contributed by atoms with E-state index >= 15 is 0 Å². The van der Waals surface area contributed by atoms with Gasteiger partial charge in [0.1, 0.15) is 0 Å². The molecule has 0 bridgehead atoms. The number of rotatable bonds is 7. The van der Waals surface area contributed by atoms with E-state index in [4.69, 9.17) is 5.73 Å². The maximum atomic E-state index is 11.6. The number of ether oxygens (including phenoxy) is 1. The first-order valence-electron chi connectivity index (χ1n) is 4.62. The molecule has 0 fully saturated rings. The van der Waals surface area contributed by atoms with Gasteiger partial charge in [-0.3, -0.25) is 4.74 Å². The van der Waals surface area contributed by atoms with Crippen molar-refractivity contribution in [2.75, 3.05) is 32.8 Å². The van der Waals surface area contributed by atoms with Gasteiger partial charge < -0.3 is 10.6 Å². The fourth-order valence-electron chi connectivity index (χ4n) is 1.03. The third-order valence-electron chi connectivity index (χ3n) is 1.80. The molecule has 0 amide bonds. The highest BCUT2D eigenvalue weighted by Crippen LogP contribution is 2.15. The summed E-state index contributed by atoms with van der Waals surface area (Å²) in [7, 11) is 0. The van der Waals surface area contributed by atoms with E-state index in [0.29, 0.717) is 19.6 Å². The Morgan fingerprint density at radius 3 is 2.36 bits per heavy atom. The lowest BCUT2D eigenvalue weighted by molar-refractivity contribution is -0.325. The van der Waals surface area contributed by atoms with Crippen LogP contribution < -0.4 is 5.73 Å². The van der Waals surface area contributed by atoms with Crippen LogP contribution in [0.25, 0.3) is 0 Å². The Bertz CT molecular complexity index is 141. The predicted molar refractivity (Wildman–Crippen MR) is 47.8 cm³/mol. The smallest absolute Gasteiger partial charge is 0.330 e. The van der Waals surface area contributed by atoms with Gasteiger partial charge in [-0.2, -0.15) is 0 Å². The van der Waals surface area contributed by atoms with E-state index < -0.39 is 6.36 Å². The molecule has 0 rings (SSSR count). The van der Waals surface area contributed by atoms with Crippen LogP contribution in [-0.4, -0.2) is 44.0 Å². The molecule has 86 valence electrons. The quantitative estimate of drug-likeness (QED) is 0.692. The van der Waals surface area contributed by atoms with Crippen molar-refractivity contribution in [2.45, 2.75) is 19.7 Å².